The topological polar surface area (TPSA) is 58.4 Å². The summed E-state index contributed by atoms with van der Waals surface area (Å²) in [5.41, 5.74) is 0.578. The molecule has 0 aromatic heterocycles. The highest BCUT2D eigenvalue weighted by Gasteiger charge is 2.34. The Kier molecular flexibility index (Phi) is 4.17. The van der Waals surface area contributed by atoms with E-state index in [1.165, 1.54) is 18.9 Å². The predicted molar refractivity (Wildman–Crippen MR) is 77.6 cm³/mol. The average Bonchev–Trinajstić information content (AvgIpc) is 3.30. The van der Waals surface area contributed by atoms with E-state index >= 15 is 0 Å². The van der Waals surface area contributed by atoms with E-state index in [1.807, 2.05) is 0 Å². The molecule has 1 aliphatic heterocycles. The lowest BCUT2D eigenvalue weighted by atomic mass is 9.97. The van der Waals surface area contributed by atoms with E-state index < -0.39 is 10.7 Å². The summed E-state index contributed by atoms with van der Waals surface area (Å²) in [6.45, 7) is 3.56. The number of nitrogens with one attached hydrogen (secondary N) is 1. The van der Waals surface area contributed by atoms with Gasteiger partial charge in [-0.25, -0.2) is 4.39 Å². The van der Waals surface area contributed by atoms with Gasteiger partial charge in [-0.3, -0.25) is 15.0 Å². The maximum Gasteiger partial charge on any atom is 0.277 e. The monoisotopic (exact) mass is 293 g/mol. The lowest BCUT2D eigenvalue weighted by Crippen LogP contribution is -2.45. The normalized spacial score (nSPS) is 21.2. The zero-order chi connectivity index (χ0) is 14.8. The highest BCUT2D eigenvalue weighted by molar-refractivity contribution is 5.43. The number of nitro benzene ring substituents is 1. The molecule has 1 N–H and O–H groups in total. The van der Waals surface area contributed by atoms with E-state index in [0.29, 0.717) is 11.5 Å². The van der Waals surface area contributed by atoms with Gasteiger partial charge in [-0.05, 0) is 24.5 Å². The molecule has 21 heavy (non-hydrogen) atoms. The number of halogens is 1. The second-order valence-corrected chi connectivity index (χ2v) is 5.94. The van der Waals surface area contributed by atoms with Crippen molar-refractivity contribution in [3.8, 4) is 0 Å². The Hall–Kier alpha value is -1.53. The van der Waals surface area contributed by atoms with Gasteiger partial charge in [0.1, 0.15) is 5.82 Å². The molecule has 114 valence electrons. The summed E-state index contributed by atoms with van der Waals surface area (Å²) < 4.78 is 13.4. The van der Waals surface area contributed by atoms with Crippen molar-refractivity contribution in [2.45, 2.75) is 25.3 Å². The van der Waals surface area contributed by atoms with E-state index in [0.717, 1.165) is 38.7 Å². The van der Waals surface area contributed by atoms with Crippen molar-refractivity contribution in [2.24, 2.45) is 5.92 Å². The first-order chi connectivity index (χ1) is 10.1. The fourth-order valence-electron chi connectivity index (χ4n) is 3.09. The molecule has 1 aromatic rings. The van der Waals surface area contributed by atoms with Crippen LogP contribution in [0.3, 0.4) is 0 Å². The molecule has 2 fully saturated rings. The van der Waals surface area contributed by atoms with Gasteiger partial charge in [-0.2, -0.15) is 0 Å². The Morgan fingerprint density at radius 3 is 2.71 bits per heavy atom. The van der Waals surface area contributed by atoms with Crippen LogP contribution in [0, 0.1) is 21.8 Å². The molecule has 1 aromatic carbocycles. The molecule has 0 radical (unpaired) electrons. The standard InChI is InChI=1S/C15H20FN3O2/c16-12-3-4-13(15(10-12)19(20)21)14(9-11-1-2-11)18-7-5-17-6-8-18/h3-4,10-11,14,17H,1-2,5-9H2/t14-/m0/s1. The molecule has 6 heteroatoms. The van der Waals surface area contributed by atoms with Crippen molar-refractivity contribution >= 4 is 5.69 Å². The fraction of sp³-hybridized carbons (Fsp3) is 0.600. The van der Waals surface area contributed by atoms with Crippen LogP contribution in [0.4, 0.5) is 10.1 Å². The average molecular weight is 293 g/mol. The van der Waals surface area contributed by atoms with E-state index in [-0.39, 0.29) is 11.7 Å². The molecule has 2 aliphatic rings. The molecule has 1 atom stereocenters. The van der Waals surface area contributed by atoms with E-state index in [2.05, 4.69) is 10.2 Å². The first kappa shape index (κ1) is 14.4. The smallest absolute Gasteiger partial charge is 0.277 e. The van der Waals surface area contributed by atoms with Crippen molar-refractivity contribution in [1.82, 2.24) is 10.2 Å². The van der Waals surface area contributed by atoms with Crippen LogP contribution in [0.1, 0.15) is 30.9 Å². The second-order valence-electron chi connectivity index (χ2n) is 5.94. The van der Waals surface area contributed by atoms with Gasteiger partial charge in [0.15, 0.2) is 0 Å². The maximum atomic E-state index is 13.4. The van der Waals surface area contributed by atoms with Crippen molar-refractivity contribution in [3.63, 3.8) is 0 Å². The second kappa shape index (κ2) is 6.07. The molecule has 1 heterocycles. The SMILES string of the molecule is O=[N+]([O-])c1cc(F)ccc1[C@H](CC1CC1)N1CCNCC1. The van der Waals surface area contributed by atoms with Crippen LogP contribution < -0.4 is 5.32 Å². The molecule has 5 nitrogen and oxygen atoms in total. The number of nitro groups is 1. The van der Waals surface area contributed by atoms with Gasteiger partial charge >= 0.3 is 0 Å². The molecule has 0 unspecified atom stereocenters. The predicted octanol–water partition coefficient (Wildman–Crippen LogP) is 2.48. The molecule has 0 bridgehead atoms. The zero-order valence-electron chi connectivity index (χ0n) is 11.9. The maximum absolute atomic E-state index is 13.4. The first-order valence-electron chi connectivity index (χ1n) is 7.54. The van der Waals surface area contributed by atoms with Gasteiger partial charge in [-0.15, -0.1) is 0 Å². The molecule has 1 saturated carbocycles. The van der Waals surface area contributed by atoms with Crippen molar-refractivity contribution in [2.75, 3.05) is 26.2 Å². The molecule has 1 saturated heterocycles. The Labute approximate surface area is 123 Å². The van der Waals surface area contributed by atoms with Gasteiger partial charge < -0.3 is 5.32 Å². The number of benzene rings is 1. The molecule has 0 amide bonds. The molecule has 1 aliphatic carbocycles. The summed E-state index contributed by atoms with van der Waals surface area (Å²) in [6.07, 6.45) is 3.35. The van der Waals surface area contributed by atoms with Crippen LogP contribution in [0.15, 0.2) is 18.2 Å². The van der Waals surface area contributed by atoms with Crippen LogP contribution in [-0.4, -0.2) is 36.0 Å². The van der Waals surface area contributed by atoms with E-state index in [4.69, 9.17) is 0 Å². The minimum atomic E-state index is -0.545. The van der Waals surface area contributed by atoms with Crippen molar-refractivity contribution < 1.29 is 9.31 Å². The quantitative estimate of drug-likeness (QED) is 0.669. The van der Waals surface area contributed by atoms with Gasteiger partial charge in [0.25, 0.3) is 5.69 Å². The van der Waals surface area contributed by atoms with Crippen molar-refractivity contribution in [3.05, 3.63) is 39.7 Å². The number of piperazine rings is 1. The first-order valence-corrected chi connectivity index (χ1v) is 7.54. The van der Waals surface area contributed by atoms with Crippen LogP contribution in [0.2, 0.25) is 0 Å². The van der Waals surface area contributed by atoms with Crippen LogP contribution in [-0.2, 0) is 0 Å². The number of rotatable bonds is 5. The number of hydrogen-bond donors (Lipinski definition) is 1. The molecular formula is C15H20FN3O2. The van der Waals surface area contributed by atoms with Crippen molar-refractivity contribution in [1.29, 1.82) is 0 Å². The largest absolute Gasteiger partial charge is 0.314 e. The summed E-state index contributed by atoms with van der Waals surface area (Å²) in [4.78, 5) is 13.1. The fourth-order valence-corrected chi connectivity index (χ4v) is 3.09. The lowest BCUT2D eigenvalue weighted by Gasteiger charge is -2.35. The van der Waals surface area contributed by atoms with Crippen LogP contribution >= 0.6 is 0 Å². The zero-order valence-corrected chi connectivity index (χ0v) is 11.9. The van der Waals surface area contributed by atoms with Gasteiger partial charge in [0.2, 0.25) is 0 Å². The summed E-state index contributed by atoms with van der Waals surface area (Å²) in [7, 11) is 0. The summed E-state index contributed by atoms with van der Waals surface area (Å²) in [5, 5.41) is 14.6. The molecule has 3 rings (SSSR count). The third kappa shape index (κ3) is 3.39. The van der Waals surface area contributed by atoms with Gasteiger partial charge in [-0.1, -0.05) is 12.8 Å². The van der Waals surface area contributed by atoms with Crippen LogP contribution in [0.5, 0.6) is 0 Å². The van der Waals surface area contributed by atoms with E-state index in [9.17, 15) is 14.5 Å². The lowest BCUT2D eigenvalue weighted by molar-refractivity contribution is -0.386. The number of nitrogens with zero attached hydrogens (tertiary/aromatic N) is 2. The van der Waals surface area contributed by atoms with E-state index in [1.54, 1.807) is 6.07 Å². The minimum absolute atomic E-state index is 0.0283. The molecule has 0 spiro atoms. The Balaban J connectivity index is 1.92. The molecular weight excluding hydrogens is 273 g/mol. The summed E-state index contributed by atoms with van der Waals surface area (Å²) >= 11 is 0. The third-order valence-electron chi connectivity index (χ3n) is 4.39. The highest BCUT2D eigenvalue weighted by atomic mass is 19.1. The van der Waals surface area contributed by atoms with Crippen LogP contribution in [0.25, 0.3) is 0 Å². The summed E-state index contributed by atoms with van der Waals surface area (Å²) in [6, 6.07) is 4.02. The van der Waals surface area contributed by atoms with Gasteiger partial charge in [0, 0.05) is 37.8 Å². The number of hydrogen-bond acceptors (Lipinski definition) is 4. The Morgan fingerprint density at radius 2 is 2.10 bits per heavy atom. The third-order valence-corrected chi connectivity index (χ3v) is 4.39. The Bertz CT molecular complexity index is 528. The Morgan fingerprint density at radius 1 is 1.38 bits per heavy atom. The highest BCUT2D eigenvalue weighted by Crippen LogP contribution is 2.42. The summed E-state index contributed by atoms with van der Waals surface area (Å²) in [5.74, 6) is 0.116. The minimum Gasteiger partial charge on any atom is -0.314 e. The van der Waals surface area contributed by atoms with Gasteiger partial charge in [0.05, 0.1) is 11.0 Å².